The Morgan fingerprint density at radius 3 is 2.82 bits per heavy atom. The summed E-state index contributed by atoms with van der Waals surface area (Å²) < 4.78 is 15.2. The molecule has 4 fully saturated rings. The van der Waals surface area contributed by atoms with Crippen LogP contribution in [0.25, 0.3) is 11.0 Å². The summed E-state index contributed by atoms with van der Waals surface area (Å²) >= 11 is 0. The third-order valence-corrected chi connectivity index (χ3v) is 6.99. The van der Waals surface area contributed by atoms with E-state index < -0.39 is 5.91 Å². The van der Waals surface area contributed by atoms with Gasteiger partial charge in [-0.05, 0) is 44.4 Å². The van der Waals surface area contributed by atoms with Gasteiger partial charge in [0.15, 0.2) is 5.65 Å². The minimum Gasteiger partial charge on any atom is -0.474 e. The van der Waals surface area contributed by atoms with E-state index in [0.29, 0.717) is 24.3 Å². The van der Waals surface area contributed by atoms with Crippen molar-refractivity contribution in [1.82, 2.24) is 19.3 Å². The van der Waals surface area contributed by atoms with Gasteiger partial charge in [0.1, 0.15) is 11.3 Å². The fraction of sp³-hybridized carbons (Fsp3) is 0.500. The molecule has 1 amide bonds. The van der Waals surface area contributed by atoms with E-state index in [2.05, 4.69) is 22.3 Å². The highest BCUT2D eigenvalue weighted by Gasteiger charge is 2.54. The summed E-state index contributed by atoms with van der Waals surface area (Å²) in [5, 5.41) is 8.21. The number of carbonyl (C=O) groups excluding carboxylic acids is 1. The quantitative estimate of drug-likeness (QED) is 0.621. The van der Waals surface area contributed by atoms with E-state index in [1.165, 1.54) is 0 Å². The van der Waals surface area contributed by atoms with Gasteiger partial charge in [-0.1, -0.05) is 6.92 Å². The third-order valence-electron chi connectivity index (χ3n) is 6.99. The van der Waals surface area contributed by atoms with E-state index in [1.807, 2.05) is 24.7 Å². The average Bonchev–Trinajstić information content (AvgIpc) is 3.13. The Morgan fingerprint density at radius 2 is 2.15 bits per heavy atom. The molecule has 1 N–H and O–H groups in total. The predicted octanol–water partition coefficient (Wildman–Crippen LogP) is 3.10. The van der Waals surface area contributed by atoms with Gasteiger partial charge < -0.3 is 19.4 Å². The lowest BCUT2D eigenvalue weighted by Crippen LogP contribution is -2.43. The number of hydrogen-bond donors (Lipinski definition) is 1. The Labute approximate surface area is 190 Å². The molecule has 33 heavy (non-hydrogen) atoms. The number of pyridine rings is 2. The van der Waals surface area contributed by atoms with E-state index in [4.69, 9.17) is 9.47 Å². The van der Waals surface area contributed by atoms with E-state index in [0.717, 1.165) is 24.6 Å². The molecule has 4 aliphatic rings. The SMILES string of the molecule is CC(C)Oc1nc2nn(C34COC(C3)C4)cc2cc1C(=O)Nc1cccn([C@H]2C[C@H]2C)c1=O. The number of rotatable bonds is 6. The molecule has 2 aliphatic carbocycles. The van der Waals surface area contributed by atoms with Crippen molar-refractivity contribution in [2.45, 2.75) is 63.8 Å². The molecule has 5 heterocycles. The molecule has 2 saturated carbocycles. The lowest BCUT2D eigenvalue weighted by molar-refractivity contribution is 0.101. The topological polar surface area (TPSA) is 100 Å². The van der Waals surface area contributed by atoms with Gasteiger partial charge in [-0.15, -0.1) is 0 Å². The monoisotopic (exact) mass is 449 g/mol. The van der Waals surface area contributed by atoms with Gasteiger partial charge in [-0.25, -0.2) is 0 Å². The molecule has 2 bridgehead atoms. The van der Waals surface area contributed by atoms with Crippen LogP contribution in [0.5, 0.6) is 5.88 Å². The van der Waals surface area contributed by atoms with Crippen LogP contribution in [0.4, 0.5) is 5.69 Å². The Morgan fingerprint density at radius 1 is 1.36 bits per heavy atom. The second-order valence-corrected chi connectivity index (χ2v) is 9.93. The summed E-state index contributed by atoms with van der Waals surface area (Å²) in [5.41, 5.74) is 0.736. The molecule has 0 unspecified atom stereocenters. The van der Waals surface area contributed by atoms with Crippen molar-refractivity contribution in [1.29, 1.82) is 0 Å². The molecular formula is C24H27N5O4. The molecule has 172 valence electrons. The Hall–Kier alpha value is -3.20. The Balaban J connectivity index is 1.35. The van der Waals surface area contributed by atoms with E-state index in [9.17, 15) is 9.59 Å². The number of ether oxygens (including phenoxy) is 2. The van der Waals surface area contributed by atoms with Crippen LogP contribution in [0, 0.1) is 5.92 Å². The molecule has 2 saturated heterocycles. The van der Waals surface area contributed by atoms with Gasteiger partial charge in [-0.2, -0.15) is 10.1 Å². The lowest BCUT2D eigenvalue weighted by Gasteiger charge is -2.35. The average molecular weight is 450 g/mol. The standard InChI is InChI=1S/C24H27N5O4/c1-13(2)33-22-17(21(30)25-18-5-4-6-28(23(18)31)19-7-14(19)3)8-15-11-29(27-20(15)26-22)24-9-16(10-24)32-12-24/h4-6,8,11,13-14,16,19H,7,9-10,12H2,1-3H3,(H,25,30)/t14-,16?,19+,24?/m1/s1. The number of fused-ring (bicyclic) bond motifs is 2. The van der Waals surface area contributed by atoms with Gasteiger partial charge >= 0.3 is 0 Å². The maximum absolute atomic E-state index is 13.3. The van der Waals surface area contributed by atoms with Gasteiger partial charge in [0.2, 0.25) is 5.88 Å². The van der Waals surface area contributed by atoms with Crippen molar-refractivity contribution in [2.24, 2.45) is 5.92 Å². The lowest BCUT2D eigenvalue weighted by atomic mass is 9.78. The molecule has 7 rings (SSSR count). The second-order valence-electron chi connectivity index (χ2n) is 9.93. The summed E-state index contributed by atoms with van der Waals surface area (Å²) in [6.07, 6.45) is 6.71. The number of amides is 1. The summed E-state index contributed by atoms with van der Waals surface area (Å²) in [7, 11) is 0. The van der Waals surface area contributed by atoms with E-state index >= 15 is 0 Å². The highest BCUT2D eigenvalue weighted by molar-refractivity contribution is 6.07. The molecule has 3 aromatic rings. The molecule has 3 aromatic heterocycles. The van der Waals surface area contributed by atoms with Crippen LogP contribution < -0.4 is 15.6 Å². The molecule has 0 aromatic carbocycles. The van der Waals surface area contributed by atoms with Crippen LogP contribution in [-0.2, 0) is 10.3 Å². The van der Waals surface area contributed by atoms with Gasteiger partial charge in [0, 0.05) is 36.7 Å². The molecule has 2 atom stereocenters. The molecule has 0 radical (unpaired) electrons. The first kappa shape index (κ1) is 20.4. The summed E-state index contributed by atoms with van der Waals surface area (Å²) in [6.45, 7) is 6.51. The zero-order chi connectivity index (χ0) is 22.9. The van der Waals surface area contributed by atoms with Crippen LogP contribution in [-0.4, -0.2) is 44.1 Å². The first-order valence-corrected chi connectivity index (χ1v) is 11.5. The van der Waals surface area contributed by atoms with Crippen LogP contribution in [0.2, 0.25) is 0 Å². The molecule has 9 heteroatoms. The summed E-state index contributed by atoms with van der Waals surface area (Å²) in [4.78, 5) is 30.8. The first-order valence-electron chi connectivity index (χ1n) is 11.5. The van der Waals surface area contributed by atoms with Crippen LogP contribution >= 0.6 is 0 Å². The Kier molecular flexibility index (Phi) is 4.42. The summed E-state index contributed by atoms with van der Waals surface area (Å²) in [6, 6.07) is 5.35. The molecule has 0 spiro atoms. The number of anilines is 1. The van der Waals surface area contributed by atoms with Crippen molar-refractivity contribution >= 4 is 22.6 Å². The fourth-order valence-electron chi connectivity index (χ4n) is 4.96. The number of nitrogens with one attached hydrogen (secondary N) is 1. The predicted molar refractivity (Wildman–Crippen MR) is 122 cm³/mol. The fourth-order valence-corrected chi connectivity index (χ4v) is 4.96. The largest absolute Gasteiger partial charge is 0.474 e. The van der Waals surface area contributed by atoms with Crippen molar-refractivity contribution in [3.05, 3.63) is 46.5 Å². The number of carbonyl (C=O) groups is 1. The molecular weight excluding hydrogens is 422 g/mol. The van der Waals surface area contributed by atoms with Gasteiger partial charge in [0.25, 0.3) is 11.5 Å². The van der Waals surface area contributed by atoms with Crippen molar-refractivity contribution < 1.29 is 14.3 Å². The van der Waals surface area contributed by atoms with E-state index in [-0.39, 0.29) is 40.4 Å². The molecule has 2 aliphatic heterocycles. The highest BCUT2D eigenvalue weighted by atomic mass is 16.5. The zero-order valence-electron chi connectivity index (χ0n) is 18.9. The van der Waals surface area contributed by atoms with Crippen LogP contribution in [0.15, 0.2) is 35.4 Å². The molecule has 9 nitrogen and oxygen atoms in total. The van der Waals surface area contributed by atoms with E-state index in [1.54, 1.807) is 29.0 Å². The van der Waals surface area contributed by atoms with Crippen molar-refractivity contribution in [3.8, 4) is 5.88 Å². The Bertz CT molecular complexity index is 1310. The smallest absolute Gasteiger partial charge is 0.274 e. The highest BCUT2D eigenvalue weighted by Crippen LogP contribution is 2.48. The van der Waals surface area contributed by atoms with Crippen molar-refractivity contribution in [3.63, 3.8) is 0 Å². The second kappa shape index (κ2) is 7.15. The first-order chi connectivity index (χ1) is 15.8. The normalized spacial score (nSPS) is 27.6. The minimum atomic E-state index is -0.433. The number of hydrogen-bond acceptors (Lipinski definition) is 6. The maximum atomic E-state index is 13.3. The van der Waals surface area contributed by atoms with Crippen LogP contribution in [0.3, 0.4) is 0 Å². The van der Waals surface area contributed by atoms with Gasteiger partial charge in [-0.3, -0.25) is 14.3 Å². The zero-order valence-corrected chi connectivity index (χ0v) is 18.9. The maximum Gasteiger partial charge on any atom is 0.274 e. The van der Waals surface area contributed by atoms with Gasteiger partial charge in [0.05, 0.1) is 24.4 Å². The van der Waals surface area contributed by atoms with Crippen LogP contribution in [0.1, 0.15) is 56.4 Å². The number of nitrogens with zero attached hydrogens (tertiary/aromatic N) is 4. The number of aromatic nitrogens is 4. The van der Waals surface area contributed by atoms with Crippen molar-refractivity contribution in [2.75, 3.05) is 11.9 Å². The minimum absolute atomic E-state index is 0.109. The summed E-state index contributed by atoms with van der Waals surface area (Å²) in [5.74, 6) is 0.245. The third kappa shape index (κ3) is 3.33.